The maximum atomic E-state index is 11.3. The van der Waals surface area contributed by atoms with Crippen LogP contribution in [0.25, 0.3) is 0 Å². The molecule has 0 aliphatic heterocycles. The fourth-order valence-electron chi connectivity index (χ4n) is 1.12. The Labute approximate surface area is 102 Å². The molecule has 1 aromatic heterocycles. The van der Waals surface area contributed by atoms with Gasteiger partial charge < -0.3 is 10.4 Å². The van der Waals surface area contributed by atoms with Gasteiger partial charge in [0.05, 0.1) is 0 Å². The quantitative estimate of drug-likeness (QED) is 0.787. The van der Waals surface area contributed by atoms with Gasteiger partial charge in [-0.25, -0.2) is 0 Å². The van der Waals surface area contributed by atoms with Crippen LogP contribution in [-0.2, 0) is 11.2 Å². The largest absolute Gasteiger partial charge is 0.396 e. The van der Waals surface area contributed by atoms with Crippen LogP contribution in [0.2, 0.25) is 0 Å². The highest BCUT2D eigenvalue weighted by Gasteiger charge is 2.03. The van der Waals surface area contributed by atoms with Crippen molar-refractivity contribution < 1.29 is 9.90 Å². The van der Waals surface area contributed by atoms with E-state index in [4.69, 9.17) is 5.11 Å². The number of carbonyl (C=O) groups excluding carboxylic acids is 1. The standard InChI is InChI=1S/C10H14BrNO2S/c11-8-6-9(15-7-8)2-3-10(14)12-4-1-5-13/h6-7,13H,1-5H2,(H,12,14). The van der Waals surface area contributed by atoms with E-state index in [1.165, 1.54) is 4.88 Å². The predicted octanol–water partition coefficient (Wildman–Crippen LogP) is 1.94. The van der Waals surface area contributed by atoms with E-state index in [-0.39, 0.29) is 12.5 Å². The number of thiophene rings is 1. The van der Waals surface area contributed by atoms with Gasteiger partial charge in [-0.1, -0.05) is 0 Å². The average molecular weight is 292 g/mol. The summed E-state index contributed by atoms with van der Waals surface area (Å²) in [5, 5.41) is 13.3. The third-order valence-corrected chi connectivity index (χ3v) is 3.63. The van der Waals surface area contributed by atoms with Gasteiger partial charge in [0.2, 0.25) is 5.91 Å². The van der Waals surface area contributed by atoms with Gasteiger partial charge in [-0.15, -0.1) is 11.3 Å². The molecule has 84 valence electrons. The first-order valence-corrected chi connectivity index (χ1v) is 6.50. The fraction of sp³-hybridized carbons (Fsp3) is 0.500. The van der Waals surface area contributed by atoms with Crippen molar-refractivity contribution in [3.05, 3.63) is 20.8 Å². The molecule has 1 heterocycles. The van der Waals surface area contributed by atoms with E-state index in [9.17, 15) is 4.79 Å². The summed E-state index contributed by atoms with van der Waals surface area (Å²) < 4.78 is 1.07. The number of halogens is 1. The molecule has 0 aliphatic rings. The molecule has 2 N–H and O–H groups in total. The molecule has 0 atom stereocenters. The van der Waals surface area contributed by atoms with Gasteiger partial charge in [-0.2, -0.15) is 0 Å². The lowest BCUT2D eigenvalue weighted by molar-refractivity contribution is -0.121. The molecule has 0 spiro atoms. The van der Waals surface area contributed by atoms with E-state index in [0.717, 1.165) is 10.9 Å². The summed E-state index contributed by atoms with van der Waals surface area (Å²) in [7, 11) is 0. The van der Waals surface area contributed by atoms with Crippen LogP contribution in [-0.4, -0.2) is 24.2 Å². The summed E-state index contributed by atoms with van der Waals surface area (Å²) in [5.41, 5.74) is 0. The Hall–Kier alpha value is -0.390. The summed E-state index contributed by atoms with van der Waals surface area (Å²) in [4.78, 5) is 12.5. The van der Waals surface area contributed by atoms with E-state index in [0.29, 0.717) is 19.4 Å². The van der Waals surface area contributed by atoms with Gasteiger partial charge in [0.15, 0.2) is 0 Å². The van der Waals surface area contributed by atoms with E-state index >= 15 is 0 Å². The second-order valence-electron chi connectivity index (χ2n) is 3.16. The number of nitrogens with one attached hydrogen (secondary N) is 1. The molecule has 0 aromatic carbocycles. The second kappa shape index (κ2) is 6.98. The Morgan fingerprint density at radius 2 is 2.40 bits per heavy atom. The third kappa shape index (κ3) is 5.30. The lowest BCUT2D eigenvalue weighted by Crippen LogP contribution is -2.25. The van der Waals surface area contributed by atoms with Crippen LogP contribution >= 0.6 is 27.3 Å². The van der Waals surface area contributed by atoms with Crippen molar-refractivity contribution in [2.24, 2.45) is 0 Å². The Morgan fingerprint density at radius 1 is 1.60 bits per heavy atom. The minimum absolute atomic E-state index is 0.0490. The van der Waals surface area contributed by atoms with Crippen LogP contribution in [0.5, 0.6) is 0 Å². The Balaban J connectivity index is 2.16. The summed E-state index contributed by atoms with van der Waals surface area (Å²) >= 11 is 5.03. The first kappa shape index (κ1) is 12.7. The highest BCUT2D eigenvalue weighted by atomic mass is 79.9. The first-order valence-electron chi connectivity index (χ1n) is 4.83. The number of rotatable bonds is 6. The molecular weight excluding hydrogens is 278 g/mol. The molecule has 0 aliphatic carbocycles. The Morgan fingerprint density at radius 3 is 3.00 bits per heavy atom. The zero-order chi connectivity index (χ0) is 11.1. The molecule has 15 heavy (non-hydrogen) atoms. The van der Waals surface area contributed by atoms with Gasteiger partial charge in [-0.3, -0.25) is 4.79 Å². The lowest BCUT2D eigenvalue weighted by Gasteiger charge is -2.02. The molecule has 0 saturated heterocycles. The van der Waals surface area contributed by atoms with Crippen molar-refractivity contribution in [1.82, 2.24) is 5.32 Å². The zero-order valence-electron chi connectivity index (χ0n) is 8.33. The van der Waals surface area contributed by atoms with E-state index in [1.54, 1.807) is 11.3 Å². The monoisotopic (exact) mass is 291 g/mol. The highest BCUT2D eigenvalue weighted by Crippen LogP contribution is 2.20. The number of hydrogen-bond donors (Lipinski definition) is 2. The van der Waals surface area contributed by atoms with Crippen molar-refractivity contribution in [3.63, 3.8) is 0 Å². The van der Waals surface area contributed by atoms with Crippen LogP contribution in [0.3, 0.4) is 0 Å². The second-order valence-corrected chi connectivity index (χ2v) is 5.07. The van der Waals surface area contributed by atoms with Crippen LogP contribution < -0.4 is 5.32 Å². The van der Waals surface area contributed by atoms with Crippen molar-refractivity contribution in [1.29, 1.82) is 0 Å². The zero-order valence-corrected chi connectivity index (χ0v) is 10.7. The number of amides is 1. The number of carbonyl (C=O) groups is 1. The summed E-state index contributed by atoms with van der Waals surface area (Å²) in [6.07, 6.45) is 1.91. The van der Waals surface area contributed by atoms with E-state index in [2.05, 4.69) is 21.2 Å². The van der Waals surface area contributed by atoms with Crippen molar-refractivity contribution in [3.8, 4) is 0 Å². The Bertz CT molecular complexity index is 314. The van der Waals surface area contributed by atoms with Crippen LogP contribution in [0.15, 0.2) is 15.9 Å². The minimum Gasteiger partial charge on any atom is -0.396 e. The fourth-order valence-corrected chi connectivity index (χ4v) is 2.57. The molecule has 0 bridgehead atoms. The van der Waals surface area contributed by atoms with Gasteiger partial charge >= 0.3 is 0 Å². The molecule has 0 unspecified atom stereocenters. The molecule has 1 amide bonds. The van der Waals surface area contributed by atoms with Crippen molar-refractivity contribution >= 4 is 33.2 Å². The molecule has 1 aromatic rings. The average Bonchev–Trinajstić information content (AvgIpc) is 2.62. The smallest absolute Gasteiger partial charge is 0.220 e. The molecule has 0 radical (unpaired) electrons. The normalized spacial score (nSPS) is 10.3. The van der Waals surface area contributed by atoms with Crippen molar-refractivity contribution in [2.75, 3.05) is 13.2 Å². The van der Waals surface area contributed by atoms with Crippen LogP contribution in [0.1, 0.15) is 17.7 Å². The molecular formula is C10H14BrNO2S. The first-order chi connectivity index (χ1) is 7.22. The van der Waals surface area contributed by atoms with Crippen LogP contribution in [0, 0.1) is 0 Å². The van der Waals surface area contributed by atoms with Gasteiger partial charge in [0.25, 0.3) is 0 Å². The van der Waals surface area contributed by atoms with E-state index in [1.807, 2.05) is 11.4 Å². The molecule has 5 heteroatoms. The number of aliphatic hydroxyl groups excluding tert-OH is 1. The lowest BCUT2D eigenvalue weighted by atomic mass is 10.2. The van der Waals surface area contributed by atoms with Gasteiger partial charge in [-0.05, 0) is 34.8 Å². The molecule has 1 rings (SSSR count). The topological polar surface area (TPSA) is 49.3 Å². The third-order valence-electron chi connectivity index (χ3n) is 1.88. The molecule has 0 saturated carbocycles. The maximum absolute atomic E-state index is 11.3. The Kier molecular flexibility index (Phi) is 5.90. The van der Waals surface area contributed by atoms with Crippen LogP contribution in [0.4, 0.5) is 0 Å². The van der Waals surface area contributed by atoms with Gasteiger partial charge in [0.1, 0.15) is 0 Å². The number of hydrogen-bond acceptors (Lipinski definition) is 3. The summed E-state index contributed by atoms with van der Waals surface area (Å²) in [5.74, 6) is 0.0490. The summed E-state index contributed by atoms with van der Waals surface area (Å²) in [6.45, 7) is 0.682. The SMILES string of the molecule is O=C(CCc1cc(Br)cs1)NCCCO. The van der Waals surface area contributed by atoms with Gasteiger partial charge in [0, 0.05) is 34.3 Å². The highest BCUT2D eigenvalue weighted by molar-refractivity contribution is 9.10. The molecule has 0 fully saturated rings. The maximum Gasteiger partial charge on any atom is 0.220 e. The summed E-state index contributed by atoms with van der Waals surface area (Å²) in [6, 6.07) is 2.03. The van der Waals surface area contributed by atoms with Crippen molar-refractivity contribution in [2.45, 2.75) is 19.3 Å². The predicted molar refractivity (Wildman–Crippen MR) is 65.1 cm³/mol. The molecule has 3 nitrogen and oxygen atoms in total. The van der Waals surface area contributed by atoms with E-state index < -0.39 is 0 Å². The number of aryl methyl sites for hydroxylation is 1. The minimum atomic E-state index is 0.0490. The number of aliphatic hydroxyl groups is 1.